The quantitative estimate of drug-likeness (QED) is 0.598. The third kappa shape index (κ3) is 2.93. The zero-order valence-electron chi connectivity index (χ0n) is 13.7. The molecule has 0 unspecified atom stereocenters. The van der Waals surface area contributed by atoms with Gasteiger partial charge in [-0.3, -0.25) is 5.10 Å². The van der Waals surface area contributed by atoms with Crippen LogP contribution in [0.2, 0.25) is 0 Å². The highest BCUT2D eigenvalue weighted by molar-refractivity contribution is 5.66. The molecule has 7 nitrogen and oxygen atoms in total. The Labute approximate surface area is 142 Å². The first-order chi connectivity index (χ1) is 12.1. The van der Waals surface area contributed by atoms with E-state index >= 15 is 0 Å². The number of rotatable bonds is 4. The third-order valence-electron chi connectivity index (χ3n) is 3.87. The number of aromatic amines is 1. The standard InChI is InChI=1S/C17H16FN7/c1-10(17-21-11(2)23-24-17)20-16-9-14(12-3-5-13(18)6-4-12)22-15-7-8-19-25(15)16/h3-10,20H,1-2H3,(H,21,23,24)/t10-/m1/s1. The Morgan fingerprint density at radius 2 is 1.96 bits per heavy atom. The molecule has 0 bridgehead atoms. The normalized spacial score (nSPS) is 12.4. The van der Waals surface area contributed by atoms with Crippen LogP contribution in [-0.2, 0) is 0 Å². The second-order valence-corrected chi connectivity index (χ2v) is 5.78. The summed E-state index contributed by atoms with van der Waals surface area (Å²) >= 11 is 0. The fraction of sp³-hybridized carbons (Fsp3) is 0.176. The van der Waals surface area contributed by atoms with Crippen molar-refractivity contribution >= 4 is 11.5 Å². The Morgan fingerprint density at radius 1 is 1.16 bits per heavy atom. The van der Waals surface area contributed by atoms with Crippen molar-refractivity contribution in [3.05, 3.63) is 60.1 Å². The topological polar surface area (TPSA) is 83.8 Å². The predicted octanol–water partition coefficient (Wildman–Crippen LogP) is 3.14. The summed E-state index contributed by atoms with van der Waals surface area (Å²) in [4.78, 5) is 8.93. The zero-order valence-corrected chi connectivity index (χ0v) is 13.7. The van der Waals surface area contributed by atoms with E-state index in [1.165, 1.54) is 12.1 Å². The van der Waals surface area contributed by atoms with Crippen molar-refractivity contribution in [2.75, 3.05) is 5.32 Å². The number of aromatic nitrogens is 6. The predicted molar refractivity (Wildman–Crippen MR) is 91.5 cm³/mol. The van der Waals surface area contributed by atoms with Crippen LogP contribution in [0.4, 0.5) is 10.2 Å². The summed E-state index contributed by atoms with van der Waals surface area (Å²) in [5, 5.41) is 14.7. The molecule has 0 spiro atoms. The Kier molecular flexibility index (Phi) is 3.64. The molecule has 4 aromatic rings. The Hall–Kier alpha value is -3.29. The lowest BCUT2D eigenvalue weighted by molar-refractivity contribution is 0.628. The molecule has 0 saturated heterocycles. The van der Waals surface area contributed by atoms with E-state index in [2.05, 4.69) is 30.6 Å². The second kappa shape index (κ2) is 5.97. The molecular formula is C17H16FN7. The largest absolute Gasteiger partial charge is 0.360 e. The minimum Gasteiger partial charge on any atom is -0.360 e. The summed E-state index contributed by atoms with van der Waals surface area (Å²) in [5.74, 6) is 1.90. The molecular weight excluding hydrogens is 321 g/mol. The molecule has 0 aliphatic heterocycles. The number of halogens is 1. The molecule has 0 radical (unpaired) electrons. The first kappa shape index (κ1) is 15.3. The van der Waals surface area contributed by atoms with Gasteiger partial charge >= 0.3 is 0 Å². The van der Waals surface area contributed by atoms with Gasteiger partial charge in [-0.25, -0.2) is 14.4 Å². The van der Waals surface area contributed by atoms with Gasteiger partial charge in [-0.1, -0.05) is 0 Å². The van der Waals surface area contributed by atoms with Crippen LogP contribution >= 0.6 is 0 Å². The molecule has 1 atom stereocenters. The first-order valence-corrected chi connectivity index (χ1v) is 7.86. The van der Waals surface area contributed by atoms with Crippen molar-refractivity contribution in [3.8, 4) is 11.3 Å². The van der Waals surface area contributed by atoms with Crippen LogP contribution in [0, 0.1) is 12.7 Å². The number of hydrogen-bond donors (Lipinski definition) is 2. The lowest BCUT2D eigenvalue weighted by Gasteiger charge is -2.14. The van der Waals surface area contributed by atoms with Crippen LogP contribution in [0.15, 0.2) is 42.6 Å². The molecule has 8 heteroatoms. The summed E-state index contributed by atoms with van der Waals surface area (Å²) in [7, 11) is 0. The van der Waals surface area contributed by atoms with Crippen LogP contribution in [0.1, 0.15) is 24.6 Å². The number of anilines is 1. The van der Waals surface area contributed by atoms with Crippen molar-refractivity contribution in [2.45, 2.75) is 19.9 Å². The summed E-state index contributed by atoms with van der Waals surface area (Å²) in [6, 6.07) is 9.82. The van der Waals surface area contributed by atoms with Gasteiger partial charge in [0.25, 0.3) is 0 Å². The molecule has 25 heavy (non-hydrogen) atoms. The van der Waals surface area contributed by atoms with Crippen molar-refractivity contribution in [3.63, 3.8) is 0 Å². The van der Waals surface area contributed by atoms with Gasteiger partial charge in [-0.05, 0) is 38.1 Å². The highest BCUT2D eigenvalue weighted by atomic mass is 19.1. The van der Waals surface area contributed by atoms with Gasteiger partial charge < -0.3 is 5.32 Å². The van der Waals surface area contributed by atoms with Crippen LogP contribution < -0.4 is 5.32 Å². The average molecular weight is 337 g/mol. The number of benzene rings is 1. The van der Waals surface area contributed by atoms with Crippen LogP contribution in [0.3, 0.4) is 0 Å². The van der Waals surface area contributed by atoms with Crippen LogP contribution in [0.25, 0.3) is 16.9 Å². The highest BCUT2D eigenvalue weighted by Gasteiger charge is 2.14. The van der Waals surface area contributed by atoms with Crippen molar-refractivity contribution in [1.82, 2.24) is 29.8 Å². The average Bonchev–Trinajstić information content (AvgIpc) is 3.24. The number of H-pyrrole nitrogens is 1. The summed E-state index contributed by atoms with van der Waals surface area (Å²) in [6.07, 6.45) is 1.68. The van der Waals surface area contributed by atoms with E-state index in [0.29, 0.717) is 11.5 Å². The molecule has 3 aromatic heterocycles. The lowest BCUT2D eigenvalue weighted by atomic mass is 10.1. The highest BCUT2D eigenvalue weighted by Crippen LogP contribution is 2.24. The molecule has 3 heterocycles. The summed E-state index contributed by atoms with van der Waals surface area (Å²) in [6.45, 7) is 3.82. The first-order valence-electron chi connectivity index (χ1n) is 7.86. The van der Waals surface area contributed by atoms with Crippen molar-refractivity contribution in [2.24, 2.45) is 0 Å². The SMILES string of the molecule is Cc1nc([C@@H](C)Nc2cc(-c3ccc(F)cc3)nc3ccnn23)n[nH]1. The van der Waals surface area contributed by atoms with Gasteiger partial charge in [0.15, 0.2) is 11.5 Å². The third-order valence-corrected chi connectivity index (χ3v) is 3.87. The van der Waals surface area contributed by atoms with E-state index in [0.717, 1.165) is 22.9 Å². The lowest BCUT2D eigenvalue weighted by Crippen LogP contribution is -2.12. The smallest absolute Gasteiger partial charge is 0.172 e. The second-order valence-electron chi connectivity index (χ2n) is 5.78. The fourth-order valence-electron chi connectivity index (χ4n) is 2.62. The molecule has 0 fully saturated rings. The minimum atomic E-state index is -0.277. The molecule has 0 amide bonds. The van der Waals surface area contributed by atoms with E-state index < -0.39 is 0 Å². The van der Waals surface area contributed by atoms with Gasteiger partial charge in [0, 0.05) is 17.7 Å². The zero-order chi connectivity index (χ0) is 17.4. The van der Waals surface area contributed by atoms with E-state index in [1.807, 2.05) is 26.0 Å². The maximum atomic E-state index is 13.2. The number of fused-ring (bicyclic) bond motifs is 1. The molecule has 0 aliphatic rings. The van der Waals surface area contributed by atoms with Crippen LogP contribution in [0.5, 0.6) is 0 Å². The molecule has 2 N–H and O–H groups in total. The van der Waals surface area contributed by atoms with Crippen molar-refractivity contribution in [1.29, 1.82) is 0 Å². The Bertz CT molecular complexity index is 1020. The number of hydrogen-bond acceptors (Lipinski definition) is 5. The molecule has 126 valence electrons. The number of aryl methyl sites for hydroxylation is 1. The van der Waals surface area contributed by atoms with E-state index in [1.54, 1.807) is 22.8 Å². The Morgan fingerprint density at radius 3 is 2.68 bits per heavy atom. The van der Waals surface area contributed by atoms with E-state index in [9.17, 15) is 4.39 Å². The van der Waals surface area contributed by atoms with Crippen molar-refractivity contribution < 1.29 is 4.39 Å². The van der Waals surface area contributed by atoms with Gasteiger partial charge in [0.1, 0.15) is 17.5 Å². The maximum absolute atomic E-state index is 13.2. The Balaban J connectivity index is 1.74. The van der Waals surface area contributed by atoms with Gasteiger partial charge in [0.2, 0.25) is 0 Å². The van der Waals surface area contributed by atoms with Gasteiger partial charge in [0.05, 0.1) is 17.9 Å². The minimum absolute atomic E-state index is 0.124. The summed E-state index contributed by atoms with van der Waals surface area (Å²) < 4.78 is 14.9. The van der Waals surface area contributed by atoms with E-state index in [4.69, 9.17) is 0 Å². The summed E-state index contributed by atoms with van der Waals surface area (Å²) in [5.41, 5.74) is 2.26. The fourth-order valence-corrected chi connectivity index (χ4v) is 2.62. The van der Waals surface area contributed by atoms with Gasteiger partial charge in [-0.2, -0.15) is 14.7 Å². The molecule has 0 saturated carbocycles. The molecule has 4 rings (SSSR count). The monoisotopic (exact) mass is 337 g/mol. The number of nitrogens with one attached hydrogen (secondary N) is 2. The number of nitrogens with zero attached hydrogens (tertiary/aromatic N) is 5. The van der Waals surface area contributed by atoms with E-state index in [-0.39, 0.29) is 11.9 Å². The molecule has 1 aromatic carbocycles. The molecule has 0 aliphatic carbocycles. The maximum Gasteiger partial charge on any atom is 0.172 e. The van der Waals surface area contributed by atoms with Gasteiger partial charge in [-0.15, -0.1) is 0 Å². The van der Waals surface area contributed by atoms with Crippen LogP contribution in [-0.4, -0.2) is 29.8 Å².